The first kappa shape index (κ1) is 29.1. The third kappa shape index (κ3) is 6.68. The van der Waals surface area contributed by atoms with Crippen molar-refractivity contribution in [3.63, 3.8) is 0 Å². The van der Waals surface area contributed by atoms with Crippen LogP contribution in [-0.4, -0.2) is 25.2 Å². The van der Waals surface area contributed by atoms with Gasteiger partial charge in [0, 0.05) is 45.6 Å². The molecule has 1 heterocycles. The third-order valence-corrected chi connectivity index (χ3v) is 7.10. The molecule has 0 spiro atoms. The predicted octanol–water partition coefficient (Wildman–Crippen LogP) is 8.46. The second-order valence-electron chi connectivity index (χ2n) is 10.4. The van der Waals surface area contributed by atoms with Gasteiger partial charge in [0.2, 0.25) is 0 Å². The van der Waals surface area contributed by atoms with E-state index >= 15 is 0 Å². The Bertz CT molecular complexity index is 2050. The number of rotatable bonds is 9. The molecule has 6 rings (SSSR count). The molecule has 0 aromatic heterocycles. The number of carbonyl (C=O) groups is 2. The van der Waals surface area contributed by atoms with Crippen molar-refractivity contribution in [2.45, 2.75) is 6.92 Å². The van der Waals surface area contributed by atoms with E-state index in [-0.39, 0.29) is 18.8 Å². The molecule has 4 aromatic rings. The first-order valence-electron chi connectivity index (χ1n) is 14.5. The number of nitrogens with one attached hydrogen (secondary N) is 1. The summed E-state index contributed by atoms with van der Waals surface area (Å²) in [5.41, 5.74) is 6.24. The fraction of sp³-hybridized carbons (Fsp3) is 0.0789. The van der Waals surface area contributed by atoms with E-state index in [2.05, 4.69) is 11.9 Å². The summed E-state index contributed by atoms with van der Waals surface area (Å²) >= 11 is 0. The van der Waals surface area contributed by atoms with Crippen LogP contribution in [0.5, 0.6) is 0 Å². The number of benzene rings is 5. The molecule has 7 heteroatoms. The third-order valence-electron chi connectivity index (χ3n) is 7.10. The number of hydrogen-bond acceptors (Lipinski definition) is 7. The van der Waals surface area contributed by atoms with Crippen LogP contribution in [0.2, 0.25) is 0 Å². The summed E-state index contributed by atoms with van der Waals surface area (Å²) in [6.07, 6.45) is 0. The van der Waals surface area contributed by atoms with Crippen molar-refractivity contribution in [2.75, 3.05) is 18.5 Å². The number of anilines is 2. The summed E-state index contributed by atoms with van der Waals surface area (Å²) in [5, 5.41) is 4.98. The monoisotopic (exact) mass is 594 g/mol. The molecular weight excluding hydrogens is 564 g/mol. The molecule has 0 fully saturated rings. The highest BCUT2D eigenvalue weighted by Crippen LogP contribution is 2.42. The van der Waals surface area contributed by atoms with Crippen molar-refractivity contribution in [3.05, 3.63) is 144 Å². The lowest BCUT2D eigenvalue weighted by Gasteiger charge is -2.18. The highest BCUT2D eigenvalue weighted by molar-refractivity contribution is 6.08. The zero-order chi connectivity index (χ0) is 31.2. The van der Waals surface area contributed by atoms with E-state index in [4.69, 9.17) is 18.9 Å². The molecule has 0 amide bonds. The van der Waals surface area contributed by atoms with Crippen LogP contribution in [0.4, 0.5) is 17.1 Å². The van der Waals surface area contributed by atoms with E-state index in [1.54, 1.807) is 19.1 Å². The lowest BCUT2D eigenvalue weighted by atomic mass is 9.90. The van der Waals surface area contributed by atoms with Gasteiger partial charge in [-0.05, 0) is 67.1 Å². The van der Waals surface area contributed by atoms with Crippen LogP contribution < -0.4 is 10.7 Å². The number of nitrogens with zero attached hydrogens (tertiary/aromatic N) is 1. The topological polar surface area (TPSA) is 90.1 Å². The van der Waals surface area contributed by atoms with Crippen LogP contribution in [0.15, 0.2) is 143 Å². The smallest absolute Gasteiger partial charge is 0.338 e. The van der Waals surface area contributed by atoms with Gasteiger partial charge >= 0.3 is 11.9 Å². The van der Waals surface area contributed by atoms with Gasteiger partial charge in [0.05, 0.1) is 16.6 Å². The number of fused-ring (bicyclic) bond motifs is 2. The van der Waals surface area contributed by atoms with Gasteiger partial charge in [-0.3, -0.25) is 0 Å². The van der Waals surface area contributed by atoms with Crippen molar-refractivity contribution in [1.82, 2.24) is 0 Å². The normalized spacial score (nSPS) is 11.4. The molecule has 45 heavy (non-hydrogen) atoms. The van der Waals surface area contributed by atoms with Crippen LogP contribution in [-0.2, 0) is 14.3 Å². The first-order valence-corrected chi connectivity index (χ1v) is 14.5. The number of esters is 2. The fourth-order valence-corrected chi connectivity index (χ4v) is 5.00. The molecule has 0 unspecified atom stereocenters. The van der Waals surface area contributed by atoms with Crippen molar-refractivity contribution in [2.24, 2.45) is 4.99 Å². The number of carbonyl (C=O) groups excluding carboxylic acids is 2. The van der Waals surface area contributed by atoms with E-state index in [0.717, 1.165) is 38.9 Å². The molecule has 0 saturated heterocycles. The van der Waals surface area contributed by atoms with E-state index in [9.17, 15) is 9.59 Å². The Morgan fingerprint density at radius 2 is 1.47 bits per heavy atom. The zero-order valence-corrected chi connectivity index (χ0v) is 24.7. The van der Waals surface area contributed by atoms with Gasteiger partial charge in [-0.2, -0.15) is 0 Å². The van der Waals surface area contributed by atoms with E-state index in [1.807, 2.05) is 109 Å². The molecule has 0 bridgehead atoms. The highest BCUT2D eigenvalue weighted by Gasteiger charge is 2.22. The average Bonchev–Trinajstić information content (AvgIpc) is 3.06. The summed E-state index contributed by atoms with van der Waals surface area (Å²) in [6.45, 7) is 4.97. The Morgan fingerprint density at radius 3 is 2.24 bits per heavy atom. The quantitative estimate of drug-likeness (QED) is 0.0782. The second kappa shape index (κ2) is 13.1. The molecule has 2 aliphatic rings. The summed E-state index contributed by atoms with van der Waals surface area (Å²) in [7, 11) is 0. The summed E-state index contributed by atoms with van der Waals surface area (Å²) < 4.78 is 17.1. The van der Waals surface area contributed by atoms with E-state index in [1.165, 1.54) is 0 Å². The zero-order valence-electron chi connectivity index (χ0n) is 24.7. The molecular formula is C38H30N2O5. The van der Waals surface area contributed by atoms with E-state index in [0.29, 0.717) is 22.5 Å². The van der Waals surface area contributed by atoms with Crippen LogP contribution >= 0.6 is 0 Å². The van der Waals surface area contributed by atoms with Crippen LogP contribution in [0.25, 0.3) is 33.4 Å². The Labute approximate surface area is 260 Å². The molecule has 0 radical (unpaired) electrons. The SMILES string of the molecule is C=C(C)C(=O)OCCOC(=O)c1ccccc1-c1c2ccc(=Nc3ccccc3)cc-2oc2cc(Nc3ccccc3)ccc12. The molecule has 4 aromatic carbocycles. The summed E-state index contributed by atoms with van der Waals surface area (Å²) in [6, 6.07) is 38.6. The number of hydrogen-bond donors (Lipinski definition) is 1. The molecule has 0 atom stereocenters. The number of para-hydroxylation sites is 2. The summed E-state index contributed by atoms with van der Waals surface area (Å²) in [4.78, 5) is 29.9. The molecule has 0 saturated carbocycles. The Hall–Kier alpha value is -5.95. The van der Waals surface area contributed by atoms with Crippen LogP contribution in [0.3, 0.4) is 0 Å². The van der Waals surface area contributed by atoms with Gasteiger partial charge in [0.1, 0.15) is 24.6 Å². The van der Waals surface area contributed by atoms with Crippen molar-refractivity contribution in [3.8, 4) is 22.5 Å². The van der Waals surface area contributed by atoms with Gasteiger partial charge < -0.3 is 19.2 Å². The van der Waals surface area contributed by atoms with Crippen molar-refractivity contribution < 1.29 is 23.5 Å². The molecule has 222 valence electrons. The number of ether oxygens (including phenoxy) is 2. The molecule has 7 nitrogen and oxygen atoms in total. The van der Waals surface area contributed by atoms with Crippen LogP contribution in [0.1, 0.15) is 17.3 Å². The Balaban J connectivity index is 1.45. The molecule has 1 N–H and O–H groups in total. The maximum Gasteiger partial charge on any atom is 0.338 e. The van der Waals surface area contributed by atoms with Gasteiger partial charge in [-0.15, -0.1) is 0 Å². The maximum absolute atomic E-state index is 13.4. The highest BCUT2D eigenvalue weighted by atomic mass is 16.6. The van der Waals surface area contributed by atoms with Crippen molar-refractivity contribution in [1.29, 1.82) is 0 Å². The predicted molar refractivity (Wildman–Crippen MR) is 176 cm³/mol. The first-order chi connectivity index (χ1) is 22.0. The largest absolute Gasteiger partial charge is 0.459 e. The van der Waals surface area contributed by atoms with Gasteiger partial charge in [-0.25, -0.2) is 14.6 Å². The van der Waals surface area contributed by atoms with E-state index < -0.39 is 11.9 Å². The fourth-order valence-electron chi connectivity index (χ4n) is 5.00. The minimum Gasteiger partial charge on any atom is -0.459 e. The lowest BCUT2D eigenvalue weighted by Crippen LogP contribution is -2.15. The standard InChI is InChI=1S/C38H30N2O5/c1-25(2)37(41)43-21-22-44-38(42)31-16-10-9-15-30(31)36-32-19-17-28(39-26-11-5-3-6-12-26)23-34(32)45-35-24-29(18-20-33(35)36)40-27-13-7-4-8-14-27/h3-20,23-24,39H,1,21-22H2,2H3. The van der Waals surface area contributed by atoms with Gasteiger partial charge in [0.25, 0.3) is 0 Å². The van der Waals surface area contributed by atoms with Crippen molar-refractivity contribution >= 4 is 40.0 Å². The summed E-state index contributed by atoms with van der Waals surface area (Å²) in [5.74, 6) is -0.449. The maximum atomic E-state index is 13.4. The molecule has 1 aliphatic carbocycles. The Kier molecular flexibility index (Phi) is 8.51. The second-order valence-corrected chi connectivity index (χ2v) is 10.4. The van der Waals surface area contributed by atoms with Gasteiger partial charge in [-0.1, -0.05) is 61.2 Å². The Morgan fingerprint density at radius 1 is 0.756 bits per heavy atom. The molecule has 1 aliphatic heterocycles. The lowest BCUT2D eigenvalue weighted by molar-refractivity contribution is -0.140. The van der Waals surface area contributed by atoms with Crippen LogP contribution in [0, 0.1) is 0 Å². The minimum absolute atomic E-state index is 0.0689. The minimum atomic E-state index is -0.531. The average molecular weight is 595 g/mol. The van der Waals surface area contributed by atoms with Gasteiger partial charge in [0.15, 0.2) is 0 Å².